The van der Waals surface area contributed by atoms with Gasteiger partial charge in [-0.2, -0.15) is 0 Å². The van der Waals surface area contributed by atoms with Crippen LogP contribution in [0.15, 0.2) is 41.8 Å². The molecule has 1 aromatic carbocycles. The number of hydrogen-bond acceptors (Lipinski definition) is 5. The van der Waals surface area contributed by atoms with Crippen LogP contribution in [0.25, 0.3) is 11.3 Å². The summed E-state index contributed by atoms with van der Waals surface area (Å²) in [7, 11) is 3.10. The summed E-state index contributed by atoms with van der Waals surface area (Å²) in [5, 5.41) is 11.1. The summed E-state index contributed by atoms with van der Waals surface area (Å²) in [6.45, 7) is 4.74. The molecule has 0 amide bonds. The fourth-order valence-electron chi connectivity index (χ4n) is 2.98. The Morgan fingerprint density at radius 2 is 1.96 bits per heavy atom. The van der Waals surface area contributed by atoms with Crippen LogP contribution in [0, 0.1) is 0 Å². The Bertz CT molecular complexity index is 916. The van der Waals surface area contributed by atoms with Crippen LogP contribution in [0.5, 0.6) is 11.5 Å². The number of ether oxygens (including phenoxy) is 2. The maximum atomic E-state index is 12.2. The van der Waals surface area contributed by atoms with Gasteiger partial charge in [0.15, 0.2) is 16.9 Å². The third kappa shape index (κ3) is 2.73. The van der Waals surface area contributed by atoms with Crippen molar-refractivity contribution in [3.05, 3.63) is 58.4 Å². The fourth-order valence-corrected chi connectivity index (χ4v) is 2.98. The van der Waals surface area contributed by atoms with Crippen LogP contribution < -0.4 is 19.9 Å². The molecule has 0 saturated carbocycles. The zero-order valence-corrected chi connectivity index (χ0v) is 14.0. The van der Waals surface area contributed by atoms with E-state index in [9.17, 15) is 14.7 Å². The number of benzene rings is 1. The van der Waals surface area contributed by atoms with Gasteiger partial charge in [0.2, 0.25) is 0 Å². The molecule has 0 radical (unpaired) electrons. The molecule has 1 aliphatic heterocycles. The first kappa shape index (κ1) is 16.6. The Hall–Kier alpha value is -3.22. The minimum atomic E-state index is -1.25. The lowest BCUT2D eigenvalue weighted by Crippen LogP contribution is -2.39. The first-order valence-corrected chi connectivity index (χ1v) is 7.61. The van der Waals surface area contributed by atoms with Crippen LogP contribution >= 0.6 is 0 Å². The average molecular weight is 342 g/mol. The summed E-state index contributed by atoms with van der Waals surface area (Å²) >= 11 is 0. The normalized spacial score (nSPS) is 12.2. The Labute approximate surface area is 144 Å². The van der Waals surface area contributed by atoms with E-state index in [1.165, 1.54) is 19.4 Å². The van der Waals surface area contributed by atoms with Gasteiger partial charge >= 0.3 is 5.97 Å². The highest BCUT2D eigenvalue weighted by Gasteiger charge is 2.25. The van der Waals surface area contributed by atoms with Gasteiger partial charge in [-0.25, -0.2) is 4.79 Å². The number of carboxylic acids is 1. The van der Waals surface area contributed by atoms with Gasteiger partial charge in [0, 0.05) is 17.8 Å². The van der Waals surface area contributed by atoms with E-state index in [0.29, 0.717) is 30.3 Å². The lowest BCUT2D eigenvalue weighted by molar-refractivity contribution is 0.0694. The molecule has 1 aliphatic rings. The third-order valence-electron chi connectivity index (χ3n) is 4.14. The second-order valence-corrected chi connectivity index (χ2v) is 5.59. The minimum absolute atomic E-state index is 0.276. The van der Waals surface area contributed by atoms with E-state index in [4.69, 9.17) is 9.47 Å². The van der Waals surface area contributed by atoms with Gasteiger partial charge < -0.3 is 19.6 Å². The largest absolute Gasteiger partial charge is 0.493 e. The van der Waals surface area contributed by atoms with Crippen molar-refractivity contribution in [2.75, 3.05) is 25.8 Å². The molecular weight excluding hydrogens is 324 g/mol. The molecule has 0 bridgehead atoms. The van der Waals surface area contributed by atoms with E-state index in [2.05, 4.69) is 6.58 Å². The molecule has 1 aromatic heterocycles. The van der Waals surface area contributed by atoms with E-state index in [1.807, 2.05) is 11.1 Å². The predicted octanol–water partition coefficient (Wildman–Crippen LogP) is 1.87. The summed E-state index contributed by atoms with van der Waals surface area (Å²) < 4.78 is 12.4. The zero-order valence-electron chi connectivity index (χ0n) is 14.0. The number of fused-ring (bicyclic) bond motifs is 3. The van der Waals surface area contributed by atoms with Crippen molar-refractivity contribution < 1.29 is 19.4 Å². The quantitative estimate of drug-likeness (QED) is 0.836. The molecule has 2 aromatic rings. The molecule has 1 N–H and O–H groups in total. The highest BCUT2D eigenvalue weighted by atomic mass is 16.5. The molecule has 0 aliphatic carbocycles. The summed E-state index contributed by atoms with van der Waals surface area (Å²) in [5.74, 6) is -0.116. The van der Waals surface area contributed by atoms with E-state index >= 15 is 0 Å². The molecule has 0 saturated heterocycles. The van der Waals surface area contributed by atoms with Gasteiger partial charge in [-0.3, -0.25) is 9.47 Å². The molecule has 7 nitrogen and oxygen atoms in total. The highest BCUT2D eigenvalue weighted by Crippen LogP contribution is 2.38. The van der Waals surface area contributed by atoms with Crippen molar-refractivity contribution in [1.29, 1.82) is 0 Å². The van der Waals surface area contributed by atoms with E-state index in [-0.39, 0.29) is 5.56 Å². The minimum Gasteiger partial charge on any atom is -0.493 e. The molecule has 0 spiro atoms. The number of carbonyl (C=O) groups is 1. The average Bonchev–Trinajstić information content (AvgIpc) is 2.60. The van der Waals surface area contributed by atoms with Crippen molar-refractivity contribution in [3.63, 3.8) is 0 Å². The Morgan fingerprint density at radius 1 is 1.28 bits per heavy atom. The number of nitrogens with zero attached hydrogens (tertiary/aromatic N) is 2. The topological polar surface area (TPSA) is 81.0 Å². The molecular formula is C18H18N2O5. The number of pyridine rings is 1. The lowest BCUT2D eigenvalue weighted by atomic mass is 9.99. The maximum Gasteiger partial charge on any atom is 0.341 e. The summed E-state index contributed by atoms with van der Waals surface area (Å²) in [6.07, 6.45) is 3.07. The smallest absolute Gasteiger partial charge is 0.341 e. The van der Waals surface area contributed by atoms with E-state index < -0.39 is 11.4 Å². The number of methoxy groups -OCH3 is 2. The van der Waals surface area contributed by atoms with Gasteiger partial charge in [0.25, 0.3) is 0 Å². The summed E-state index contributed by atoms with van der Waals surface area (Å²) in [4.78, 5) is 23.5. The number of aromatic carboxylic acids is 1. The first-order valence-electron chi connectivity index (χ1n) is 7.61. The van der Waals surface area contributed by atoms with Gasteiger partial charge in [-0.15, -0.1) is 6.58 Å². The van der Waals surface area contributed by atoms with Crippen molar-refractivity contribution >= 4 is 5.97 Å². The van der Waals surface area contributed by atoms with Crippen molar-refractivity contribution in [2.24, 2.45) is 0 Å². The van der Waals surface area contributed by atoms with Crippen molar-refractivity contribution in [3.8, 4) is 22.8 Å². The van der Waals surface area contributed by atoms with Crippen LogP contribution in [0.3, 0.4) is 0 Å². The molecule has 25 heavy (non-hydrogen) atoms. The first-order chi connectivity index (χ1) is 12.0. The Kier molecular flexibility index (Phi) is 4.22. The number of hydrogen-bond donors (Lipinski definition) is 1. The number of rotatable bonds is 5. The highest BCUT2D eigenvalue weighted by molar-refractivity contribution is 5.88. The van der Waals surface area contributed by atoms with Gasteiger partial charge in [-0.1, -0.05) is 6.08 Å². The number of aromatic nitrogens is 1. The fraction of sp³-hybridized carbons (Fsp3) is 0.222. The number of carboxylic acid groups (broad SMARTS) is 1. The maximum absolute atomic E-state index is 12.2. The van der Waals surface area contributed by atoms with E-state index in [0.717, 1.165) is 11.1 Å². The molecule has 7 heteroatoms. The second kappa shape index (κ2) is 6.35. The Balaban J connectivity index is 2.29. The molecule has 0 fully saturated rings. The SMILES string of the molecule is C=CCN1Cc2cc(OC)c(OC)cc2-c2cc(=O)c(C(=O)O)cn21. The van der Waals surface area contributed by atoms with Crippen LogP contribution in [0.1, 0.15) is 15.9 Å². The summed E-state index contributed by atoms with van der Waals surface area (Å²) in [6, 6.07) is 5.00. The van der Waals surface area contributed by atoms with Crippen LogP contribution in [0.4, 0.5) is 0 Å². The zero-order chi connectivity index (χ0) is 18.1. The molecule has 3 rings (SSSR count). The van der Waals surface area contributed by atoms with Gasteiger partial charge in [0.05, 0.1) is 33.0 Å². The third-order valence-corrected chi connectivity index (χ3v) is 4.14. The van der Waals surface area contributed by atoms with Gasteiger partial charge in [0.1, 0.15) is 5.56 Å². The predicted molar refractivity (Wildman–Crippen MR) is 93.2 cm³/mol. The monoisotopic (exact) mass is 342 g/mol. The molecule has 130 valence electrons. The molecule has 0 unspecified atom stereocenters. The Morgan fingerprint density at radius 3 is 2.56 bits per heavy atom. The standard InChI is InChI=1S/C18H18N2O5/c1-4-5-19-9-11-6-16(24-2)17(25-3)7-12(11)14-8-15(21)13(18(22)23)10-20(14)19/h4,6-8,10H,1,5,9H2,2-3H3,(H,22,23). The van der Waals surface area contributed by atoms with Crippen molar-refractivity contribution in [2.45, 2.75) is 6.54 Å². The van der Waals surface area contributed by atoms with Crippen LogP contribution in [0.2, 0.25) is 0 Å². The second-order valence-electron chi connectivity index (χ2n) is 5.59. The van der Waals surface area contributed by atoms with Crippen LogP contribution in [-0.2, 0) is 6.54 Å². The summed E-state index contributed by atoms with van der Waals surface area (Å²) in [5.41, 5.74) is 1.52. The molecule has 2 heterocycles. The van der Waals surface area contributed by atoms with Gasteiger partial charge in [-0.05, 0) is 17.7 Å². The van der Waals surface area contributed by atoms with E-state index in [1.54, 1.807) is 23.9 Å². The van der Waals surface area contributed by atoms with Crippen LogP contribution in [-0.4, -0.2) is 36.5 Å². The molecule has 0 atom stereocenters. The lowest BCUT2D eigenvalue weighted by Gasteiger charge is -2.35. The van der Waals surface area contributed by atoms with Crippen molar-refractivity contribution in [1.82, 2.24) is 4.68 Å².